The second kappa shape index (κ2) is 6.90. The smallest absolute Gasteiger partial charge is 0.161 e. The Bertz CT molecular complexity index is 547. The van der Waals surface area contributed by atoms with Gasteiger partial charge in [-0.1, -0.05) is 13.8 Å². The Hall–Kier alpha value is -1.33. The molecule has 1 unspecified atom stereocenters. The third-order valence-corrected chi connectivity index (χ3v) is 4.67. The van der Waals surface area contributed by atoms with E-state index in [1.807, 2.05) is 29.3 Å². The normalized spacial score (nSPS) is 12.6. The maximum absolute atomic E-state index is 5.49. The average molecular weight is 293 g/mol. The molecule has 1 atom stereocenters. The summed E-state index contributed by atoms with van der Waals surface area (Å²) in [6, 6.07) is 4.54. The number of nitrogens with zero attached hydrogens (tertiary/aromatic N) is 2. The third-order valence-electron chi connectivity index (χ3n) is 3.38. The van der Waals surface area contributed by atoms with Gasteiger partial charge in [-0.05, 0) is 32.0 Å². The van der Waals surface area contributed by atoms with Crippen molar-refractivity contribution in [3.63, 3.8) is 0 Å². The molecule has 1 N–H and O–H groups in total. The first-order valence-electron chi connectivity index (χ1n) is 7.10. The first-order valence-corrected chi connectivity index (χ1v) is 7.92. The van der Waals surface area contributed by atoms with E-state index in [4.69, 9.17) is 4.74 Å². The van der Waals surface area contributed by atoms with Crippen LogP contribution in [0.25, 0.3) is 0 Å². The van der Waals surface area contributed by atoms with Gasteiger partial charge in [0.1, 0.15) is 5.69 Å². The van der Waals surface area contributed by atoms with Gasteiger partial charge >= 0.3 is 0 Å². The Morgan fingerprint density at radius 3 is 2.75 bits per heavy atom. The molecule has 0 aliphatic rings. The molecule has 0 fully saturated rings. The number of aromatic nitrogens is 2. The minimum atomic E-state index is 0.129. The highest BCUT2D eigenvalue weighted by molar-refractivity contribution is 7.12. The fourth-order valence-electron chi connectivity index (χ4n) is 2.37. The molecular formula is C15H23N3OS. The molecule has 0 amide bonds. The molecule has 0 radical (unpaired) electrons. The standard InChI is InChI=1S/C15H23N3OS/c1-5-9-18-15(12(19-4)10-17-18)14(16-3)13-8-7-11(6-2)20-13/h7-8,10,14,16H,5-6,9H2,1-4H3. The van der Waals surface area contributed by atoms with E-state index in [1.165, 1.54) is 9.75 Å². The summed E-state index contributed by atoms with van der Waals surface area (Å²) in [5, 5.41) is 7.86. The van der Waals surface area contributed by atoms with Crippen LogP contribution in [0.4, 0.5) is 0 Å². The largest absolute Gasteiger partial charge is 0.493 e. The maximum Gasteiger partial charge on any atom is 0.161 e. The third kappa shape index (κ3) is 2.88. The van der Waals surface area contributed by atoms with E-state index in [-0.39, 0.29) is 6.04 Å². The van der Waals surface area contributed by atoms with Gasteiger partial charge in [0, 0.05) is 16.3 Å². The number of aryl methyl sites for hydroxylation is 2. The van der Waals surface area contributed by atoms with E-state index in [0.717, 1.165) is 30.8 Å². The maximum atomic E-state index is 5.49. The minimum absolute atomic E-state index is 0.129. The molecule has 2 aromatic heterocycles. The second-order valence-corrected chi connectivity index (χ2v) is 5.90. The van der Waals surface area contributed by atoms with E-state index >= 15 is 0 Å². The Morgan fingerprint density at radius 2 is 2.20 bits per heavy atom. The van der Waals surface area contributed by atoms with Crippen LogP contribution < -0.4 is 10.1 Å². The number of methoxy groups -OCH3 is 1. The number of hydrogen-bond donors (Lipinski definition) is 1. The van der Waals surface area contributed by atoms with Crippen molar-refractivity contribution in [2.24, 2.45) is 0 Å². The lowest BCUT2D eigenvalue weighted by Gasteiger charge is -2.18. The number of hydrogen-bond acceptors (Lipinski definition) is 4. The molecule has 110 valence electrons. The highest BCUT2D eigenvalue weighted by atomic mass is 32.1. The first kappa shape index (κ1) is 15.1. The van der Waals surface area contributed by atoms with Crippen molar-refractivity contribution in [3.05, 3.63) is 33.8 Å². The highest BCUT2D eigenvalue weighted by Gasteiger charge is 2.23. The van der Waals surface area contributed by atoms with Gasteiger partial charge in [0.25, 0.3) is 0 Å². The van der Waals surface area contributed by atoms with Crippen LogP contribution in [0.3, 0.4) is 0 Å². The van der Waals surface area contributed by atoms with Crippen molar-refractivity contribution >= 4 is 11.3 Å². The first-order chi connectivity index (χ1) is 9.74. The quantitative estimate of drug-likeness (QED) is 0.852. The van der Waals surface area contributed by atoms with Crippen molar-refractivity contribution < 1.29 is 4.74 Å². The molecule has 5 heteroatoms. The van der Waals surface area contributed by atoms with E-state index in [1.54, 1.807) is 7.11 Å². The van der Waals surface area contributed by atoms with E-state index in [9.17, 15) is 0 Å². The molecule has 0 aromatic carbocycles. The van der Waals surface area contributed by atoms with Crippen LogP contribution >= 0.6 is 11.3 Å². The van der Waals surface area contributed by atoms with E-state index < -0.39 is 0 Å². The minimum Gasteiger partial charge on any atom is -0.493 e. The lowest BCUT2D eigenvalue weighted by atomic mass is 10.1. The zero-order valence-corrected chi connectivity index (χ0v) is 13.5. The van der Waals surface area contributed by atoms with Gasteiger partial charge in [-0.25, -0.2) is 0 Å². The van der Waals surface area contributed by atoms with Crippen LogP contribution in [-0.2, 0) is 13.0 Å². The van der Waals surface area contributed by atoms with Gasteiger partial charge < -0.3 is 10.1 Å². The molecule has 4 nitrogen and oxygen atoms in total. The van der Waals surface area contributed by atoms with Crippen molar-refractivity contribution in [2.75, 3.05) is 14.2 Å². The van der Waals surface area contributed by atoms with Crippen LogP contribution in [-0.4, -0.2) is 23.9 Å². The molecule has 2 rings (SSSR count). The summed E-state index contributed by atoms with van der Waals surface area (Å²) in [7, 11) is 3.69. The van der Waals surface area contributed by atoms with Crippen molar-refractivity contribution in [2.45, 2.75) is 39.3 Å². The van der Waals surface area contributed by atoms with E-state index in [2.05, 4.69) is 36.4 Å². The second-order valence-electron chi connectivity index (χ2n) is 4.70. The fourth-order valence-corrected chi connectivity index (χ4v) is 3.44. The summed E-state index contributed by atoms with van der Waals surface area (Å²) in [4.78, 5) is 2.71. The van der Waals surface area contributed by atoms with Crippen molar-refractivity contribution in [1.29, 1.82) is 0 Å². The summed E-state index contributed by atoms with van der Waals surface area (Å²) in [6.45, 7) is 5.25. The molecule has 0 saturated heterocycles. The molecule has 2 heterocycles. The number of nitrogens with one attached hydrogen (secondary N) is 1. The number of ether oxygens (including phenoxy) is 1. The molecule has 20 heavy (non-hydrogen) atoms. The summed E-state index contributed by atoms with van der Waals surface area (Å²) < 4.78 is 7.54. The van der Waals surface area contributed by atoms with Crippen LogP contribution in [0, 0.1) is 0 Å². The molecular weight excluding hydrogens is 270 g/mol. The molecule has 0 aliphatic heterocycles. The van der Waals surface area contributed by atoms with Crippen LogP contribution in [0.5, 0.6) is 5.75 Å². The molecule has 0 spiro atoms. The topological polar surface area (TPSA) is 39.1 Å². The fraction of sp³-hybridized carbons (Fsp3) is 0.533. The SMILES string of the molecule is CCCn1ncc(OC)c1C(NC)c1ccc(CC)s1. The van der Waals surface area contributed by atoms with Crippen LogP contribution in [0.1, 0.15) is 41.8 Å². The average Bonchev–Trinajstić information content (AvgIpc) is 3.08. The van der Waals surface area contributed by atoms with Crippen LogP contribution in [0.15, 0.2) is 18.3 Å². The Balaban J connectivity index is 2.41. The highest BCUT2D eigenvalue weighted by Crippen LogP contribution is 2.33. The number of rotatable bonds is 7. The summed E-state index contributed by atoms with van der Waals surface area (Å²) >= 11 is 1.85. The van der Waals surface area contributed by atoms with Gasteiger partial charge in [0.05, 0.1) is 19.3 Å². The van der Waals surface area contributed by atoms with Crippen LogP contribution in [0.2, 0.25) is 0 Å². The van der Waals surface area contributed by atoms with Gasteiger partial charge in [-0.3, -0.25) is 4.68 Å². The Morgan fingerprint density at radius 1 is 1.40 bits per heavy atom. The molecule has 2 aromatic rings. The monoisotopic (exact) mass is 293 g/mol. The predicted octanol–water partition coefficient (Wildman–Crippen LogP) is 3.23. The summed E-state index contributed by atoms with van der Waals surface area (Å²) in [5.74, 6) is 0.851. The Labute approximate surface area is 124 Å². The summed E-state index contributed by atoms with van der Waals surface area (Å²) in [5.41, 5.74) is 1.11. The van der Waals surface area contributed by atoms with Gasteiger partial charge in [0.15, 0.2) is 5.75 Å². The van der Waals surface area contributed by atoms with Gasteiger partial charge in [-0.15, -0.1) is 11.3 Å². The van der Waals surface area contributed by atoms with Crippen molar-refractivity contribution in [3.8, 4) is 5.75 Å². The zero-order chi connectivity index (χ0) is 14.5. The molecule has 0 bridgehead atoms. The van der Waals surface area contributed by atoms with Gasteiger partial charge in [-0.2, -0.15) is 5.10 Å². The molecule has 0 saturated carbocycles. The Kier molecular flexibility index (Phi) is 5.20. The summed E-state index contributed by atoms with van der Waals surface area (Å²) in [6.07, 6.45) is 3.94. The predicted molar refractivity (Wildman–Crippen MR) is 83.7 cm³/mol. The lowest BCUT2D eigenvalue weighted by Crippen LogP contribution is -2.21. The lowest BCUT2D eigenvalue weighted by molar-refractivity contribution is 0.400. The van der Waals surface area contributed by atoms with Crippen molar-refractivity contribution in [1.82, 2.24) is 15.1 Å². The van der Waals surface area contributed by atoms with E-state index in [0.29, 0.717) is 0 Å². The molecule has 0 aliphatic carbocycles. The zero-order valence-electron chi connectivity index (χ0n) is 12.6. The number of thiophene rings is 1. The van der Waals surface area contributed by atoms with Gasteiger partial charge in [0.2, 0.25) is 0 Å².